The molecule has 0 bridgehead atoms. The van der Waals surface area contributed by atoms with Gasteiger partial charge in [-0.2, -0.15) is 4.98 Å². The Bertz CT molecular complexity index is 1140. The second kappa shape index (κ2) is 7.55. The molecule has 4 aromatic rings. The van der Waals surface area contributed by atoms with Crippen molar-refractivity contribution >= 4 is 17.2 Å². The summed E-state index contributed by atoms with van der Waals surface area (Å²) in [5.74, 6) is 0.557. The molecular weight excluding hydrogens is 363 g/mol. The van der Waals surface area contributed by atoms with E-state index < -0.39 is 11.7 Å². The molecule has 0 fully saturated rings. The summed E-state index contributed by atoms with van der Waals surface area (Å²) in [5.41, 5.74) is 1.39. The van der Waals surface area contributed by atoms with Crippen LogP contribution in [0.15, 0.2) is 47.1 Å². The molecule has 0 radical (unpaired) electrons. The minimum Gasteiger partial charge on any atom is -0.334 e. The molecule has 0 aliphatic rings. The van der Waals surface area contributed by atoms with Crippen molar-refractivity contribution in [2.75, 3.05) is 5.32 Å². The van der Waals surface area contributed by atoms with Gasteiger partial charge in [0.2, 0.25) is 5.91 Å². The first-order chi connectivity index (χ1) is 13.6. The zero-order valence-corrected chi connectivity index (χ0v) is 15.1. The molecule has 3 aromatic heterocycles. The van der Waals surface area contributed by atoms with Crippen molar-refractivity contribution in [1.82, 2.24) is 24.7 Å². The molecule has 1 aromatic carbocycles. The minimum atomic E-state index is -0.497. The van der Waals surface area contributed by atoms with E-state index in [-0.39, 0.29) is 12.1 Å². The Morgan fingerprint density at radius 3 is 2.89 bits per heavy atom. The van der Waals surface area contributed by atoms with Gasteiger partial charge in [-0.25, -0.2) is 4.39 Å². The average molecular weight is 380 g/mol. The number of amides is 1. The van der Waals surface area contributed by atoms with Gasteiger partial charge in [0.05, 0.1) is 17.7 Å². The summed E-state index contributed by atoms with van der Waals surface area (Å²) in [6.07, 6.45) is 3.33. The molecule has 0 atom stereocenters. The Kier molecular flexibility index (Phi) is 4.79. The molecule has 3 heterocycles. The Balaban J connectivity index is 1.57. The first kappa shape index (κ1) is 17.8. The normalized spacial score (nSPS) is 11.1. The molecule has 4 rings (SSSR count). The molecule has 9 heteroatoms. The van der Waals surface area contributed by atoms with Crippen molar-refractivity contribution in [3.8, 4) is 11.5 Å². The number of carbonyl (C=O) groups is 1. The predicted octanol–water partition coefficient (Wildman–Crippen LogP) is 3.05. The lowest BCUT2D eigenvalue weighted by Gasteiger charge is -2.05. The van der Waals surface area contributed by atoms with Crippen molar-refractivity contribution in [2.24, 2.45) is 0 Å². The molecule has 28 heavy (non-hydrogen) atoms. The monoisotopic (exact) mass is 380 g/mol. The van der Waals surface area contributed by atoms with Crippen molar-refractivity contribution in [3.05, 3.63) is 60.1 Å². The quantitative estimate of drug-likeness (QED) is 0.552. The van der Waals surface area contributed by atoms with E-state index in [1.54, 1.807) is 34.9 Å². The van der Waals surface area contributed by atoms with Crippen LogP contribution in [0, 0.1) is 5.82 Å². The van der Waals surface area contributed by atoms with Gasteiger partial charge in [-0.15, -0.1) is 10.2 Å². The lowest BCUT2D eigenvalue weighted by molar-refractivity contribution is -0.115. The lowest BCUT2D eigenvalue weighted by Crippen LogP contribution is -2.17. The van der Waals surface area contributed by atoms with E-state index in [4.69, 9.17) is 4.52 Å². The molecule has 1 amide bonds. The number of rotatable bonds is 6. The number of aromatic nitrogens is 5. The summed E-state index contributed by atoms with van der Waals surface area (Å²) < 4.78 is 20.7. The molecule has 0 aliphatic heterocycles. The zero-order valence-electron chi connectivity index (χ0n) is 15.1. The van der Waals surface area contributed by atoms with E-state index >= 15 is 0 Å². The van der Waals surface area contributed by atoms with Gasteiger partial charge in [0.15, 0.2) is 11.5 Å². The first-order valence-corrected chi connectivity index (χ1v) is 8.85. The van der Waals surface area contributed by atoms with Crippen molar-refractivity contribution in [1.29, 1.82) is 0 Å². The SMILES string of the molecule is CCCc1noc(-c2ccc3nnc(CC(=O)Nc4ccccc4F)n3c2)n1. The fraction of sp³-hybridized carbons (Fsp3) is 0.211. The maximum atomic E-state index is 13.7. The Hall–Kier alpha value is -3.62. The number of pyridine rings is 1. The number of nitrogens with zero attached hydrogens (tertiary/aromatic N) is 5. The zero-order chi connectivity index (χ0) is 19.5. The van der Waals surface area contributed by atoms with Gasteiger partial charge in [-0.1, -0.05) is 24.2 Å². The smallest absolute Gasteiger partial charge is 0.259 e. The molecule has 0 saturated heterocycles. The van der Waals surface area contributed by atoms with Crippen LogP contribution in [0.1, 0.15) is 25.0 Å². The number of hydrogen-bond donors (Lipinski definition) is 1. The summed E-state index contributed by atoms with van der Waals surface area (Å²) in [7, 11) is 0. The van der Waals surface area contributed by atoms with Crippen LogP contribution in [0.5, 0.6) is 0 Å². The number of fused-ring (bicyclic) bond motifs is 1. The highest BCUT2D eigenvalue weighted by Gasteiger charge is 2.15. The number of carbonyl (C=O) groups excluding carboxylic acids is 1. The molecule has 0 saturated carbocycles. The summed E-state index contributed by atoms with van der Waals surface area (Å²) >= 11 is 0. The number of benzene rings is 1. The Morgan fingerprint density at radius 2 is 2.07 bits per heavy atom. The van der Waals surface area contributed by atoms with E-state index in [1.807, 2.05) is 6.92 Å². The van der Waals surface area contributed by atoms with Crippen LogP contribution in [0.2, 0.25) is 0 Å². The van der Waals surface area contributed by atoms with Crippen LogP contribution >= 0.6 is 0 Å². The topological polar surface area (TPSA) is 98.2 Å². The van der Waals surface area contributed by atoms with Gasteiger partial charge in [0.1, 0.15) is 11.6 Å². The summed E-state index contributed by atoms with van der Waals surface area (Å²) in [6.45, 7) is 2.04. The fourth-order valence-corrected chi connectivity index (χ4v) is 2.78. The third kappa shape index (κ3) is 3.59. The van der Waals surface area contributed by atoms with Crippen molar-refractivity contribution in [3.63, 3.8) is 0 Å². The molecule has 142 valence electrons. The maximum Gasteiger partial charge on any atom is 0.259 e. The standard InChI is InChI=1S/C19H17FN6O2/c1-2-5-15-22-19(28-25-15)12-8-9-16-23-24-17(26(16)11-12)10-18(27)21-14-7-4-3-6-13(14)20/h3-4,6-9,11H,2,5,10H2,1H3,(H,21,27). The molecule has 0 unspecified atom stereocenters. The molecule has 0 aliphatic carbocycles. The molecule has 1 N–H and O–H groups in total. The largest absolute Gasteiger partial charge is 0.334 e. The minimum absolute atomic E-state index is 0.0656. The van der Waals surface area contributed by atoms with Crippen LogP contribution in [-0.4, -0.2) is 30.6 Å². The van der Waals surface area contributed by atoms with E-state index in [0.717, 1.165) is 12.8 Å². The predicted molar refractivity (Wildman–Crippen MR) is 99.0 cm³/mol. The van der Waals surface area contributed by atoms with Crippen LogP contribution in [0.4, 0.5) is 10.1 Å². The second-order valence-corrected chi connectivity index (χ2v) is 6.23. The van der Waals surface area contributed by atoms with Gasteiger partial charge < -0.3 is 9.84 Å². The summed E-state index contributed by atoms with van der Waals surface area (Å²) in [6, 6.07) is 9.54. The average Bonchev–Trinajstić information content (AvgIpc) is 3.31. The first-order valence-electron chi connectivity index (χ1n) is 8.85. The number of anilines is 1. The highest BCUT2D eigenvalue weighted by molar-refractivity contribution is 5.92. The van der Waals surface area contributed by atoms with Gasteiger partial charge in [0.25, 0.3) is 5.89 Å². The molecule has 8 nitrogen and oxygen atoms in total. The maximum absolute atomic E-state index is 13.7. The third-order valence-electron chi connectivity index (χ3n) is 4.13. The number of hydrogen-bond acceptors (Lipinski definition) is 6. The Labute approximate surface area is 159 Å². The van der Waals surface area contributed by atoms with Crippen molar-refractivity contribution in [2.45, 2.75) is 26.2 Å². The van der Waals surface area contributed by atoms with Gasteiger partial charge in [-0.3, -0.25) is 9.20 Å². The number of aryl methyl sites for hydroxylation is 1. The highest BCUT2D eigenvalue weighted by atomic mass is 19.1. The number of nitrogens with one attached hydrogen (secondary N) is 1. The van der Waals surface area contributed by atoms with E-state index in [1.165, 1.54) is 12.1 Å². The number of para-hydroxylation sites is 1. The van der Waals surface area contributed by atoms with E-state index in [0.29, 0.717) is 28.8 Å². The fourth-order valence-electron chi connectivity index (χ4n) is 2.78. The summed E-state index contributed by atoms with van der Waals surface area (Å²) in [4.78, 5) is 16.7. The molecular formula is C19H17FN6O2. The summed E-state index contributed by atoms with van der Waals surface area (Å²) in [5, 5.41) is 14.6. The van der Waals surface area contributed by atoms with Crippen LogP contribution in [0.25, 0.3) is 17.1 Å². The third-order valence-corrected chi connectivity index (χ3v) is 4.13. The van der Waals surface area contributed by atoms with Gasteiger partial charge >= 0.3 is 0 Å². The second-order valence-electron chi connectivity index (χ2n) is 6.23. The van der Waals surface area contributed by atoms with Crippen molar-refractivity contribution < 1.29 is 13.7 Å². The lowest BCUT2D eigenvalue weighted by atomic mass is 10.2. The highest BCUT2D eigenvalue weighted by Crippen LogP contribution is 2.19. The van der Waals surface area contributed by atoms with Crippen LogP contribution in [0.3, 0.4) is 0 Å². The van der Waals surface area contributed by atoms with Gasteiger partial charge in [0, 0.05) is 12.6 Å². The van der Waals surface area contributed by atoms with Gasteiger partial charge in [-0.05, 0) is 30.7 Å². The Morgan fingerprint density at radius 1 is 1.21 bits per heavy atom. The van der Waals surface area contributed by atoms with E-state index in [2.05, 4.69) is 25.7 Å². The van der Waals surface area contributed by atoms with Crippen LogP contribution in [-0.2, 0) is 17.6 Å². The number of halogens is 1. The van der Waals surface area contributed by atoms with E-state index in [9.17, 15) is 9.18 Å². The van der Waals surface area contributed by atoms with Crippen LogP contribution < -0.4 is 5.32 Å². The molecule has 0 spiro atoms.